The summed E-state index contributed by atoms with van der Waals surface area (Å²) in [4.78, 5) is 21.8. The summed E-state index contributed by atoms with van der Waals surface area (Å²) in [5.41, 5.74) is 1.66. The Hall–Kier alpha value is -2.57. The molecule has 4 rings (SSSR count). The number of fused-ring (bicyclic) bond motifs is 1. The van der Waals surface area contributed by atoms with Gasteiger partial charge in [0.1, 0.15) is 5.82 Å². The number of nitriles is 1. The molecule has 1 fully saturated rings. The van der Waals surface area contributed by atoms with E-state index in [0.29, 0.717) is 33.0 Å². The molecule has 0 unspecified atom stereocenters. The van der Waals surface area contributed by atoms with E-state index in [1.807, 2.05) is 0 Å². The fourth-order valence-electron chi connectivity index (χ4n) is 3.41. The Labute approximate surface area is 190 Å². The summed E-state index contributed by atoms with van der Waals surface area (Å²) < 4.78 is 19.7. The van der Waals surface area contributed by atoms with E-state index in [0.717, 1.165) is 39.3 Å². The molecule has 0 N–H and O–H groups in total. The number of hydrogen-bond acceptors (Lipinski definition) is 6. The number of benzene rings is 2. The van der Waals surface area contributed by atoms with Gasteiger partial charge in [0.05, 0.1) is 35.1 Å². The molecule has 2 heterocycles. The molecule has 2 aromatic carbocycles. The number of aromatic nitrogens is 1. The van der Waals surface area contributed by atoms with Gasteiger partial charge in [-0.05, 0) is 48.9 Å². The molecular weight excluding hydrogens is 439 g/mol. The molecular formula is C22H22ClFN4O2S. The molecule has 0 spiro atoms. The molecule has 0 saturated carbocycles. The van der Waals surface area contributed by atoms with E-state index in [4.69, 9.17) is 10.00 Å². The minimum absolute atomic E-state index is 0. The number of nitrogens with zero attached hydrogens (tertiary/aromatic N) is 4. The summed E-state index contributed by atoms with van der Waals surface area (Å²) in [6.07, 6.45) is 0.784. The monoisotopic (exact) mass is 460 g/mol. The van der Waals surface area contributed by atoms with Crippen LogP contribution in [0.5, 0.6) is 0 Å². The maximum Gasteiger partial charge on any atom is 0.260 e. The summed E-state index contributed by atoms with van der Waals surface area (Å²) in [7, 11) is 0. The van der Waals surface area contributed by atoms with Crippen molar-refractivity contribution in [1.29, 1.82) is 5.26 Å². The van der Waals surface area contributed by atoms with E-state index in [9.17, 15) is 9.18 Å². The fraction of sp³-hybridized carbons (Fsp3) is 0.318. The molecule has 1 saturated heterocycles. The average Bonchev–Trinajstić information content (AvgIpc) is 3.20. The number of hydrogen-bond donors (Lipinski definition) is 0. The SMILES string of the molecule is Cl.N#Cc1ccc(C(=O)N(CCCN2CCOCC2)c2nc3ccc(F)cc3s2)cc1. The van der Waals surface area contributed by atoms with Crippen LogP contribution in [0.25, 0.3) is 10.2 Å². The van der Waals surface area contributed by atoms with E-state index in [2.05, 4.69) is 16.0 Å². The van der Waals surface area contributed by atoms with Crippen LogP contribution in [-0.4, -0.2) is 55.2 Å². The number of carbonyl (C=O) groups excluding carboxylic acids is 1. The molecule has 162 valence electrons. The van der Waals surface area contributed by atoms with E-state index < -0.39 is 0 Å². The first-order valence-corrected chi connectivity index (χ1v) is 10.6. The van der Waals surface area contributed by atoms with Crippen LogP contribution in [-0.2, 0) is 4.74 Å². The van der Waals surface area contributed by atoms with Gasteiger partial charge in [-0.15, -0.1) is 12.4 Å². The van der Waals surface area contributed by atoms with E-state index in [-0.39, 0.29) is 24.1 Å². The highest BCUT2D eigenvalue weighted by Crippen LogP contribution is 2.30. The maximum absolute atomic E-state index is 13.6. The standard InChI is InChI=1S/C22H21FN4O2S.ClH/c23-18-6-7-19-20(14-18)30-22(25-19)27(9-1-8-26-10-12-29-13-11-26)21(28)17-4-2-16(15-24)3-5-17;/h2-7,14H,1,8-13H2;1H. The second-order valence-electron chi connectivity index (χ2n) is 7.06. The van der Waals surface area contributed by atoms with Crippen molar-refractivity contribution < 1.29 is 13.9 Å². The molecule has 3 aromatic rings. The van der Waals surface area contributed by atoms with Gasteiger partial charge in [-0.25, -0.2) is 9.37 Å². The zero-order chi connectivity index (χ0) is 20.9. The maximum atomic E-state index is 13.6. The van der Waals surface area contributed by atoms with Gasteiger partial charge in [0.15, 0.2) is 5.13 Å². The third-order valence-corrected chi connectivity index (χ3v) is 6.08. The number of carbonyl (C=O) groups is 1. The molecule has 1 amide bonds. The van der Waals surface area contributed by atoms with Crippen molar-refractivity contribution >= 4 is 45.0 Å². The second-order valence-corrected chi connectivity index (χ2v) is 8.07. The summed E-state index contributed by atoms with van der Waals surface area (Å²) >= 11 is 1.30. The normalized spacial score (nSPS) is 14.1. The van der Waals surface area contributed by atoms with Gasteiger partial charge in [-0.2, -0.15) is 5.26 Å². The highest BCUT2D eigenvalue weighted by Gasteiger charge is 2.22. The van der Waals surface area contributed by atoms with Crippen LogP contribution in [0.2, 0.25) is 0 Å². The van der Waals surface area contributed by atoms with Crippen molar-refractivity contribution in [3.63, 3.8) is 0 Å². The summed E-state index contributed by atoms with van der Waals surface area (Å²) in [5.74, 6) is -0.504. The Morgan fingerprint density at radius 2 is 1.97 bits per heavy atom. The Morgan fingerprint density at radius 1 is 1.23 bits per heavy atom. The zero-order valence-corrected chi connectivity index (χ0v) is 18.4. The molecule has 0 aliphatic carbocycles. The highest BCUT2D eigenvalue weighted by atomic mass is 35.5. The molecule has 1 aromatic heterocycles. The number of anilines is 1. The van der Waals surface area contributed by atoms with Crippen LogP contribution in [0.1, 0.15) is 22.3 Å². The number of halogens is 2. The van der Waals surface area contributed by atoms with Crippen molar-refractivity contribution in [2.45, 2.75) is 6.42 Å². The Morgan fingerprint density at radius 3 is 2.68 bits per heavy atom. The van der Waals surface area contributed by atoms with Crippen molar-refractivity contribution in [3.8, 4) is 6.07 Å². The molecule has 0 atom stereocenters. The summed E-state index contributed by atoms with van der Waals surface area (Å²) in [6.45, 7) is 4.61. The second kappa shape index (κ2) is 10.6. The lowest BCUT2D eigenvalue weighted by Crippen LogP contribution is -2.39. The van der Waals surface area contributed by atoms with Crippen LogP contribution in [0.4, 0.5) is 9.52 Å². The number of rotatable bonds is 6. The van der Waals surface area contributed by atoms with E-state index in [1.165, 1.54) is 23.5 Å². The van der Waals surface area contributed by atoms with Gasteiger partial charge in [0.2, 0.25) is 0 Å². The third kappa shape index (κ3) is 5.57. The average molecular weight is 461 g/mol. The molecule has 6 nitrogen and oxygen atoms in total. The Bertz CT molecular complexity index is 1080. The Kier molecular flexibility index (Phi) is 7.93. The smallest absolute Gasteiger partial charge is 0.260 e. The zero-order valence-electron chi connectivity index (χ0n) is 16.8. The van der Waals surface area contributed by atoms with Crippen LogP contribution in [0.3, 0.4) is 0 Å². The molecule has 31 heavy (non-hydrogen) atoms. The first kappa shape index (κ1) is 23.1. The molecule has 1 aliphatic heterocycles. The first-order valence-electron chi connectivity index (χ1n) is 9.82. The summed E-state index contributed by atoms with van der Waals surface area (Å²) in [5, 5.41) is 9.55. The van der Waals surface area contributed by atoms with Gasteiger partial charge in [0, 0.05) is 31.7 Å². The predicted molar refractivity (Wildman–Crippen MR) is 122 cm³/mol. The van der Waals surface area contributed by atoms with Crippen LogP contribution in [0, 0.1) is 17.1 Å². The quantitative estimate of drug-likeness (QED) is 0.554. The van der Waals surface area contributed by atoms with Crippen LogP contribution >= 0.6 is 23.7 Å². The molecule has 9 heteroatoms. The van der Waals surface area contributed by atoms with Crippen LogP contribution in [0.15, 0.2) is 42.5 Å². The fourth-order valence-corrected chi connectivity index (χ4v) is 4.42. The minimum atomic E-state index is -0.324. The lowest BCUT2D eigenvalue weighted by Gasteiger charge is -2.27. The molecule has 0 radical (unpaired) electrons. The van der Waals surface area contributed by atoms with Crippen molar-refractivity contribution in [2.24, 2.45) is 0 Å². The van der Waals surface area contributed by atoms with Gasteiger partial charge in [-0.3, -0.25) is 14.6 Å². The summed E-state index contributed by atoms with van der Waals surface area (Å²) in [6, 6.07) is 13.1. The topological polar surface area (TPSA) is 69.5 Å². The molecule has 0 bridgehead atoms. The van der Waals surface area contributed by atoms with E-state index in [1.54, 1.807) is 35.2 Å². The van der Waals surface area contributed by atoms with Crippen molar-refractivity contribution in [1.82, 2.24) is 9.88 Å². The Balaban J connectivity index is 0.00000272. The number of ether oxygens (including phenoxy) is 1. The van der Waals surface area contributed by atoms with Gasteiger partial charge in [-0.1, -0.05) is 11.3 Å². The number of thiazole rings is 1. The van der Waals surface area contributed by atoms with Crippen molar-refractivity contribution in [2.75, 3.05) is 44.3 Å². The lowest BCUT2D eigenvalue weighted by molar-refractivity contribution is 0.0376. The number of morpholine rings is 1. The van der Waals surface area contributed by atoms with E-state index >= 15 is 0 Å². The first-order chi connectivity index (χ1) is 14.6. The van der Waals surface area contributed by atoms with Gasteiger partial charge in [0.25, 0.3) is 5.91 Å². The highest BCUT2D eigenvalue weighted by molar-refractivity contribution is 7.22. The number of amides is 1. The lowest BCUT2D eigenvalue weighted by atomic mass is 10.1. The van der Waals surface area contributed by atoms with Gasteiger partial charge < -0.3 is 4.74 Å². The minimum Gasteiger partial charge on any atom is -0.379 e. The van der Waals surface area contributed by atoms with Crippen molar-refractivity contribution in [3.05, 3.63) is 59.4 Å². The predicted octanol–water partition coefficient (Wildman–Crippen LogP) is 4.10. The van der Waals surface area contributed by atoms with Gasteiger partial charge >= 0.3 is 0 Å². The van der Waals surface area contributed by atoms with Crippen LogP contribution < -0.4 is 4.90 Å². The third-order valence-electron chi connectivity index (χ3n) is 5.04. The molecule has 1 aliphatic rings. The largest absolute Gasteiger partial charge is 0.379 e.